The van der Waals surface area contributed by atoms with Gasteiger partial charge in [-0.15, -0.1) is 11.3 Å². The second-order valence-corrected chi connectivity index (χ2v) is 6.85. The topological polar surface area (TPSA) is 41.6 Å². The smallest absolute Gasteiger partial charge is 0.317 e. The van der Waals surface area contributed by atoms with Crippen LogP contribution in [0.3, 0.4) is 0 Å². The third kappa shape index (κ3) is 4.52. The van der Waals surface area contributed by atoms with Gasteiger partial charge < -0.3 is 15.0 Å². The number of hydrogen-bond donors (Lipinski definition) is 1. The maximum atomic E-state index is 13.5. The largest absolute Gasteiger partial charge is 0.489 e. The Bertz CT molecular complexity index is 881. The first-order chi connectivity index (χ1) is 12.6. The summed E-state index contributed by atoms with van der Waals surface area (Å²) in [5.41, 5.74) is 1.25. The number of carbonyl (C=O) groups is 1. The Hall–Kier alpha value is -2.60. The number of carbonyl (C=O) groups excluding carboxylic acids is 1. The van der Waals surface area contributed by atoms with Crippen LogP contribution in [0.5, 0.6) is 5.75 Å². The van der Waals surface area contributed by atoms with Crippen LogP contribution in [-0.2, 0) is 6.42 Å². The summed E-state index contributed by atoms with van der Waals surface area (Å²) in [6.07, 6.45) is 0.787. The molecule has 2 amide bonds. The summed E-state index contributed by atoms with van der Waals surface area (Å²) in [6, 6.07) is 14.3. The third-order valence-electron chi connectivity index (χ3n) is 4.10. The molecule has 3 rings (SSSR count). The maximum absolute atomic E-state index is 13.5. The van der Waals surface area contributed by atoms with E-state index in [2.05, 4.69) is 22.8 Å². The lowest BCUT2D eigenvalue weighted by atomic mass is 10.1. The summed E-state index contributed by atoms with van der Waals surface area (Å²) in [5, 5.41) is 6.30. The molecular weight excluding hydrogens is 351 g/mol. The molecule has 6 heteroatoms. The molecular formula is C20H21FN2O2S. The average molecular weight is 372 g/mol. The van der Waals surface area contributed by atoms with Gasteiger partial charge >= 0.3 is 6.03 Å². The second kappa shape index (κ2) is 8.67. The maximum Gasteiger partial charge on any atom is 0.317 e. The van der Waals surface area contributed by atoms with Gasteiger partial charge in [0.15, 0.2) is 11.6 Å². The van der Waals surface area contributed by atoms with Crippen LogP contribution in [0.1, 0.15) is 5.56 Å². The number of amides is 2. The van der Waals surface area contributed by atoms with Gasteiger partial charge in [-0.1, -0.05) is 30.3 Å². The Labute approximate surface area is 156 Å². The zero-order valence-electron chi connectivity index (χ0n) is 14.6. The first-order valence-corrected chi connectivity index (χ1v) is 9.34. The molecule has 0 bridgehead atoms. The Kier molecular flexibility index (Phi) is 6.07. The van der Waals surface area contributed by atoms with Crippen molar-refractivity contribution in [3.63, 3.8) is 0 Å². The molecule has 0 unspecified atom stereocenters. The number of nitrogens with zero attached hydrogens (tertiary/aromatic N) is 1. The Morgan fingerprint density at radius 2 is 1.96 bits per heavy atom. The number of urea groups is 1. The number of para-hydroxylation sites is 1. The van der Waals surface area contributed by atoms with Crippen molar-refractivity contribution in [1.29, 1.82) is 0 Å². The van der Waals surface area contributed by atoms with Crippen LogP contribution in [0.4, 0.5) is 9.18 Å². The third-order valence-corrected chi connectivity index (χ3v) is 5.11. The lowest BCUT2D eigenvalue weighted by Crippen LogP contribution is -2.40. The molecule has 1 aromatic heterocycles. The fourth-order valence-corrected chi connectivity index (χ4v) is 3.62. The van der Waals surface area contributed by atoms with Gasteiger partial charge in [0.1, 0.15) is 6.61 Å². The van der Waals surface area contributed by atoms with Crippen LogP contribution >= 0.6 is 11.3 Å². The molecule has 0 fully saturated rings. The monoisotopic (exact) mass is 372 g/mol. The van der Waals surface area contributed by atoms with Crippen molar-refractivity contribution < 1.29 is 13.9 Å². The SMILES string of the molecule is CN(CCOc1ccccc1F)C(=O)NCCc1csc2ccccc12. The molecule has 4 nitrogen and oxygen atoms in total. The molecule has 0 saturated heterocycles. The van der Waals surface area contributed by atoms with Crippen LogP contribution < -0.4 is 10.1 Å². The number of nitrogens with one attached hydrogen (secondary N) is 1. The standard InChI is InChI=1S/C20H21FN2O2S/c1-23(12-13-25-18-8-4-3-7-17(18)21)20(24)22-11-10-15-14-26-19-9-5-2-6-16(15)19/h2-9,14H,10-13H2,1H3,(H,22,24). The molecule has 136 valence electrons. The minimum Gasteiger partial charge on any atom is -0.489 e. The van der Waals surface area contributed by atoms with E-state index < -0.39 is 5.82 Å². The van der Waals surface area contributed by atoms with Crippen molar-refractivity contribution in [2.75, 3.05) is 26.7 Å². The normalized spacial score (nSPS) is 10.7. The highest BCUT2D eigenvalue weighted by atomic mass is 32.1. The summed E-state index contributed by atoms with van der Waals surface area (Å²) in [6.45, 7) is 1.18. The summed E-state index contributed by atoms with van der Waals surface area (Å²) < 4.78 is 20.1. The minimum atomic E-state index is -0.400. The molecule has 2 aromatic carbocycles. The zero-order valence-corrected chi connectivity index (χ0v) is 15.4. The molecule has 0 atom stereocenters. The van der Waals surface area contributed by atoms with Crippen molar-refractivity contribution in [2.45, 2.75) is 6.42 Å². The van der Waals surface area contributed by atoms with Crippen molar-refractivity contribution in [1.82, 2.24) is 10.2 Å². The van der Waals surface area contributed by atoms with Crippen molar-refractivity contribution in [3.05, 3.63) is 65.3 Å². The van der Waals surface area contributed by atoms with Crippen molar-refractivity contribution in [2.24, 2.45) is 0 Å². The number of fused-ring (bicyclic) bond motifs is 1. The molecule has 0 spiro atoms. The Morgan fingerprint density at radius 1 is 1.19 bits per heavy atom. The van der Waals surface area contributed by atoms with Crippen molar-refractivity contribution in [3.8, 4) is 5.75 Å². The van der Waals surface area contributed by atoms with E-state index in [-0.39, 0.29) is 18.4 Å². The van der Waals surface area contributed by atoms with E-state index >= 15 is 0 Å². The number of rotatable bonds is 7. The van der Waals surface area contributed by atoms with Gasteiger partial charge in [-0.25, -0.2) is 9.18 Å². The second-order valence-electron chi connectivity index (χ2n) is 5.94. The van der Waals surface area contributed by atoms with Crippen molar-refractivity contribution >= 4 is 27.5 Å². The van der Waals surface area contributed by atoms with Crippen LogP contribution in [-0.4, -0.2) is 37.7 Å². The summed E-state index contributed by atoms with van der Waals surface area (Å²) in [5.74, 6) is -0.201. The molecule has 26 heavy (non-hydrogen) atoms. The highest BCUT2D eigenvalue weighted by Gasteiger charge is 2.10. The summed E-state index contributed by atoms with van der Waals surface area (Å²) >= 11 is 1.72. The average Bonchev–Trinajstić information content (AvgIpc) is 3.06. The fraction of sp³-hybridized carbons (Fsp3) is 0.250. The van der Waals surface area contributed by atoms with Crippen LogP contribution in [0, 0.1) is 5.82 Å². The van der Waals surface area contributed by atoms with Crippen LogP contribution in [0.2, 0.25) is 0 Å². The predicted octanol–water partition coefficient (Wildman–Crippen LogP) is 4.30. The molecule has 0 radical (unpaired) electrons. The van der Waals surface area contributed by atoms with Gasteiger partial charge in [-0.3, -0.25) is 0 Å². The Morgan fingerprint density at radius 3 is 2.81 bits per heavy atom. The summed E-state index contributed by atoms with van der Waals surface area (Å²) in [7, 11) is 1.69. The van der Waals surface area contributed by atoms with Gasteiger partial charge in [0.25, 0.3) is 0 Å². The van der Waals surface area contributed by atoms with E-state index in [0.29, 0.717) is 13.1 Å². The number of ether oxygens (including phenoxy) is 1. The molecule has 0 aliphatic rings. The van der Waals surface area contributed by atoms with E-state index in [4.69, 9.17) is 4.74 Å². The molecule has 1 heterocycles. The number of hydrogen-bond acceptors (Lipinski definition) is 3. The lowest BCUT2D eigenvalue weighted by Gasteiger charge is -2.18. The molecule has 0 saturated carbocycles. The van der Waals surface area contributed by atoms with E-state index in [9.17, 15) is 9.18 Å². The van der Waals surface area contributed by atoms with E-state index in [1.54, 1.807) is 36.6 Å². The first kappa shape index (κ1) is 18.2. The number of halogens is 1. The Balaban J connectivity index is 1.41. The predicted molar refractivity (Wildman–Crippen MR) is 103 cm³/mol. The van der Waals surface area contributed by atoms with Crippen LogP contribution in [0.15, 0.2) is 53.9 Å². The first-order valence-electron chi connectivity index (χ1n) is 8.46. The summed E-state index contributed by atoms with van der Waals surface area (Å²) in [4.78, 5) is 13.7. The number of benzene rings is 2. The van der Waals surface area contributed by atoms with Gasteiger partial charge in [0, 0.05) is 18.3 Å². The zero-order chi connectivity index (χ0) is 18.4. The molecule has 0 aliphatic carbocycles. The van der Waals surface area contributed by atoms with E-state index in [1.807, 2.05) is 12.1 Å². The number of thiophene rings is 1. The number of likely N-dealkylation sites (N-methyl/N-ethyl adjacent to an activating group) is 1. The highest BCUT2D eigenvalue weighted by molar-refractivity contribution is 7.17. The van der Waals surface area contributed by atoms with Gasteiger partial charge in [-0.05, 0) is 40.9 Å². The van der Waals surface area contributed by atoms with Gasteiger partial charge in [0.2, 0.25) is 0 Å². The fourth-order valence-electron chi connectivity index (χ4n) is 2.62. The molecule has 3 aromatic rings. The quantitative estimate of drug-likeness (QED) is 0.672. The lowest BCUT2D eigenvalue weighted by molar-refractivity contribution is 0.194. The van der Waals surface area contributed by atoms with E-state index in [1.165, 1.54) is 26.6 Å². The minimum absolute atomic E-state index is 0.165. The molecule has 0 aliphatic heterocycles. The van der Waals surface area contributed by atoms with Gasteiger partial charge in [0.05, 0.1) is 6.54 Å². The van der Waals surface area contributed by atoms with E-state index in [0.717, 1.165) is 6.42 Å². The highest BCUT2D eigenvalue weighted by Crippen LogP contribution is 2.25. The van der Waals surface area contributed by atoms with Crippen LogP contribution in [0.25, 0.3) is 10.1 Å². The molecule has 1 N–H and O–H groups in total. The van der Waals surface area contributed by atoms with Gasteiger partial charge in [-0.2, -0.15) is 0 Å².